The summed E-state index contributed by atoms with van der Waals surface area (Å²) in [5.41, 5.74) is 1.60. The summed E-state index contributed by atoms with van der Waals surface area (Å²) in [5, 5.41) is 0. The van der Waals surface area contributed by atoms with Gasteiger partial charge in [-0.2, -0.15) is 0 Å². The number of aromatic nitrogens is 3. The fourth-order valence-corrected chi connectivity index (χ4v) is 3.46. The van der Waals surface area contributed by atoms with E-state index in [4.69, 9.17) is 4.42 Å². The summed E-state index contributed by atoms with van der Waals surface area (Å²) in [6, 6.07) is 6.78. The van der Waals surface area contributed by atoms with Gasteiger partial charge < -0.3 is 4.42 Å². The van der Waals surface area contributed by atoms with Crippen molar-refractivity contribution < 1.29 is 8.81 Å². The molecule has 3 heterocycles. The van der Waals surface area contributed by atoms with Crippen molar-refractivity contribution in [2.45, 2.75) is 31.7 Å². The molecule has 1 aromatic carbocycles. The lowest BCUT2D eigenvalue weighted by molar-refractivity contribution is 0.183. The molecule has 0 spiro atoms. The number of rotatable bonds is 5. The topological polar surface area (TPSA) is 55.1 Å². The van der Waals surface area contributed by atoms with Crippen molar-refractivity contribution in [1.82, 2.24) is 19.9 Å². The molecule has 0 amide bonds. The van der Waals surface area contributed by atoms with Gasteiger partial charge in [0.25, 0.3) is 0 Å². The number of hydrogen-bond donors (Lipinski definition) is 0. The number of likely N-dealkylation sites (tertiary alicyclic amines) is 1. The molecule has 0 saturated carbocycles. The fraction of sp³-hybridized carbons (Fsp3) is 0.350. The average Bonchev–Trinajstić information content (AvgIpc) is 3.13. The molecular weight excluding hydrogens is 331 g/mol. The van der Waals surface area contributed by atoms with Crippen LogP contribution >= 0.6 is 0 Å². The molecule has 0 bridgehead atoms. The third kappa shape index (κ3) is 3.96. The van der Waals surface area contributed by atoms with E-state index in [1.807, 2.05) is 6.07 Å². The molecule has 134 valence electrons. The summed E-state index contributed by atoms with van der Waals surface area (Å²) in [6.07, 6.45) is 9.51. The number of benzene rings is 1. The van der Waals surface area contributed by atoms with E-state index in [1.165, 1.54) is 6.07 Å². The first-order chi connectivity index (χ1) is 12.8. The van der Waals surface area contributed by atoms with Gasteiger partial charge in [0.2, 0.25) is 0 Å². The number of hydrogen-bond acceptors (Lipinski definition) is 5. The zero-order chi connectivity index (χ0) is 17.8. The first-order valence-electron chi connectivity index (χ1n) is 8.93. The van der Waals surface area contributed by atoms with Crippen molar-refractivity contribution in [3.63, 3.8) is 0 Å². The maximum absolute atomic E-state index is 13.8. The minimum absolute atomic E-state index is 0.210. The Hall–Kier alpha value is -2.60. The third-order valence-electron chi connectivity index (χ3n) is 4.75. The van der Waals surface area contributed by atoms with Gasteiger partial charge >= 0.3 is 0 Å². The van der Waals surface area contributed by atoms with Crippen LogP contribution in [0.15, 0.2) is 53.5 Å². The number of nitrogens with zero attached hydrogens (tertiary/aromatic N) is 4. The third-order valence-corrected chi connectivity index (χ3v) is 4.75. The first kappa shape index (κ1) is 16.8. The van der Waals surface area contributed by atoms with Crippen molar-refractivity contribution in [2.24, 2.45) is 0 Å². The number of piperidine rings is 1. The Kier molecular flexibility index (Phi) is 5.02. The highest BCUT2D eigenvalue weighted by Gasteiger charge is 2.25. The molecule has 6 heteroatoms. The van der Waals surface area contributed by atoms with Gasteiger partial charge in [-0.25, -0.2) is 9.37 Å². The molecule has 3 aromatic rings. The van der Waals surface area contributed by atoms with Gasteiger partial charge in [-0.1, -0.05) is 18.2 Å². The molecule has 26 heavy (non-hydrogen) atoms. The molecular formula is C20H21FN4O. The summed E-state index contributed by atoms with van der Waals surface area (Å²) in [4.78, 5) is 15.3. The van der Waals surface area contributed by atoms with E-state index < -0.39 is 0 Å². The van der Waals surface area contributed by atoms with Gasteiger partial charge in [-0.3, -0.25) is 14.9 Å². The monoisotopic (exact) mass is 352 g/mol. The van der Waals surface area contributed by atoms with Crippen molar-refractivity contribution in [3.05, 3.63) is 77.8 Å². The van der Waals surface area contributed by atoms with Crippen LogP contribution < -0.4 is 0 Å². The van der Waals surface area contributed by atoms with Gasteiger partial charge in [-0.05, 0) is 31.0 Å². The van der Waals surface area contributed by atoms with Gasteiger partial charge in [0.1, 0.15) is 11.6 Å². The van der Waals surface area contributed by atoms with E-state index >= 15 is 0 Å². The smallest absolute Gasteiger partial charge is 0.198 e. The van der Waals surface area contributed by atoms with Gasteiger partial charge in [-0.15, -0.1) is 0 Å². The number of oxazole rings is 1. The summed E-state index contributed by atoms with van der Waals surface area (Å²) in [6.45, 7) is 2.71. The second-order valence-electron chi connectivity index (χ2n) is 6.70. The van der Waals surface area contributed by atoms with Crippen molar-refractivity contribution in [3.8, 4) is 0 Å². The van der Waals surface area contributed by atoms with E-state index in [2.05, 4.69) is 19.9 Å². The van der Waals surface area contributed by atoms with Gasteiger partial charge in [0.15, 0.2) is 5.89 Å². The van der Waals surface area contributed by atoms with Crippen LogP contribution in [-0.4, -0.2) is 32.9 Å². The zero-order valence-corrected chi connectivity index (χ0v) is 14.5. The minimum Gasteiger partial charge on any atom is -0.445 e. The van der Waals surface area contributed by atoms with Crippen LogP contribution in [0.3, 0.4) is 0 Å². The second-order valence-corrected chi connectivity index (χ2v) is 6.70. The largest absolute Gasteiger partial charge is 0.445 e. The molecule has 2 aromatic heterocycles. The maximum atomic E-state index is 13.8. The quantitative estimate of drug-likeness (QED) is 0.703. The molecule has 0 N–H and O–H groups in total. The molecule has 1 atom stereocenters. The molecule has 5 nitrogen and oxygen atoms in total. The second kappa shape index (κ2) is 7.74. The van der Waals surface area contributed by atoms with Crippen molar-refractivity contribution in [1.29, 1.82) is 0 Å². The molecule has 0 aliphatic carbocycles. The Bertz CT molecular complexity index is 852. The first-order valence-corrected chi connectivity index (χ1v) is 8.93. The van der Waals surface area contributed by atoms with Crippen LogP contribution in [0.25, 0.3) is 0 Å². The molecule has 1 unspecified atom stereocenters. The van der Waals surface area contributed by atoms with Crippen LogP contribution in [0.5, 0.6) is 0 Å². The Morgan fingerprint density at radius 3 is 2.92 bits per heavy atom. The van der Waals surface area contributed by atoms with E-state index in [9.17, 15) is 4.39 Å². The van der Waals surface area contributed by atoms with Crippen LogP contribution in [0.1, 0.15) is 41.7 Å². The summed E-state index contributed by atoms with van der Waals surface area (Å²) in [7, 11) is 0. The van der Waals surface area contributed by atoms with Gasteiger partial charge in [0.05, 0.1) is 11.9 Å². The average molecular weight is 352 g/mol. The predicted octanol–water partition coefficient (Wildman–Crippen LogP) is 3.57. The zero-order valence-electron chi connectivity index (χ0n) is 14.5. The van der Waals surface area contributed by atoms with E-state index in [0.717, 1.165) is 44.1 Å². The van der Waals surface area contributed by atoms with Gasteiger partial charge in [0, 0.05) is 44.0 Å². The molecule has 1 saturated heterocycles. The summed E-state index contributed by atoms with van der Waals surface area (Å²) < 4.78 is 19.8. The highest BCUT2D eigenvalue weighted by molar-refractivity contribution is 5.21. The van der Waals surface area contributed by atoms with Crippen LogP contribution in [-0.2, 0) is 13.0 Å². The maximum Gasteiger partial charge on any atom is 0.198 e. The van der Waals surface area contributed by atoms with E-state index in [-0.39, 0.29) is 11.7 Å². The summed E-state index contributed by atoms with van der Waals surface area (Å²) in [5.74, 6) is 1.50. The fourth-order valence-electron chi connectivity index (χ4n) is 3.46. The lowest BCUT2D eigenvalue weighted by Crippen LogP contribution is -2.34. The lowest BCUT2D eigenvalue weighted by Gasteiger charge is -2.30. The van der Waals surface area contributed by atoms with E-state index in [0.29, 0.717) is 17.7 Å². The predicted molar refractivity (Wildman–Crippen MR) is 95.0 cm³/mol. The SMILES string of the molecule is Fc1ccccc1Cc1cnc(C2CCCN(Cc3cnccn3)C2)o1. The molecule has 0 radical (unpaired) electrons. The normalized spacial score (nSPS) is 18.1. The molecule has 1 fully saturated rings. The summed E-state index contributed by atoms with van der Waals surface area (Å²) >= 11 is 0. The Morgan fingerprint density at radius 2 is 2.08 bits per heavy atom. The van der Waals surface area contributed by atoms with Crippen LogP contribution in [0.2, 0.25) is 0 Å². The van der Waals surface area contributed by atoms with Crippen LogP contribution in [0, 0.1) is 5.82 Å². The Balaban J connectivity index is 1.41. The lowest BCUT2D eigenvalue weighted by atomic mass is 9.98. The van der Waals surface area contributed by atoms with Crippen LogP contribution in [0.4, 0.5) is 4.39 Å². The highest BCUT2D eigenvalue weighted by atomic mass is 19.1. The Morgan fingerprint density at radius 1 is 1.15 bits per heavy atom. The molecule has 1 aliphatic heterocycles. The minimum atomic E-state index is -0.210. The standard InChI is InChI=1S/C20H21FN4O/c21-19-6-2-1-4-15(19)10-18-12-24-20(26-18)16-5-3-9-25(13-16)14-17-11-22-7-8-23-17/h1-2,4,6-8,11-12,16H,3,5,9-10,13-14H2. The van der Waals surface area contributed by atoms with Crippen molar-refractivity contribution >= 4 is 0 Å². The Labute approximate surface area is 151 Å². The molecule has 1 aliphatic rings. The highest BCUT2D eigenvalue weighted by Crippen LogP contribution is 2.28. The van der Waals surface area contributed by atoms with Crippen molar-refractivity contribution in [2.75, 3.05) is 13.1 Å². The van der Waals surface area contributed by atoms with E-state index in [1.54, 1.807) is 36.9 Å². The molecule has 4 rings (SSSR count). The number of halogens is 1.